The number of ether oxygens (including phenoxy) is 6. The molecule has 2 bridgehead atoms. The van der Waals surface area contributed by atoms with Crippen molar-refractivity contribution in [1.29, 1.82) is 0 Å². The van der Waals surface area contributed by atoms with Crippen molar-refractivity contribution in [3.63, 3.8) is 0 Å². The summed E-state index contributed by atoms with van der Waals surface area (Å²) in [5.74, 6) is -6.28. The number of allylic oxidation sites excluding steroid dienone is 4. The van der Waals surface area contributed by atoms with Gasteiger partial charge in [0.25, 0.3) is 11.2 Å². The van der Waals surface area contributed by atoms with Crippen molar-refractivity contribution in [2.75, 3.05) is 27.9 Å². The molecule has 0 amide bonds. The van der Waals surface area contributed by atoms with E-state index < -0.39 is 93.4 Å². The average Bonchev–Trinajstić information content (AvgIpc) is 3.57. The molecule has 0 radical (unpaired) electrons. The number of hydrogen-bond donors (Lipinski definition) is 0. The SMILES string of the molecule is COC1=C2C(=O)O[C@]13C[C@@H](C[C@@H](C)OC(=O)[C@@](OC)(c1ccccc1)C(F)(F)F)C(COC(=O)[C@@](OC)(c1ccccc1)C(F)(F)F)=C[C@@]3(C)C/C=C/[C@@H](C)[C@@H]1C=C[C@@H]3C[C@@H](C)CC[C@H]3[C@]1(C)C2=O. The third-order valence-corrected chi connectivity index (χ3v) is 15.8. The van der Waals surface area contributed by atoms with Gasteiger partial charge in [-0.05, 0) is 73.7 Å². The molecule has 374 valence electrons. The number of Topliss-reactive ketones (excluding diaryl/α,β-unsaturated/α-hetero) is 1. The number of fused-ring (bicyclic) bond motifs is 3. The first-order valence-electron chi connectivity index (χ1n) is 23.3. The Hall–Kier alpha value is -5.22. The van der Waals surface area contributed by atoms with Gasteiger partial charge in [-0.25, -0.2) is 14.4 Å². The summed E-state index contributed by atoms with van der Waals surface area (Å²) in [5, 5.41) is 0. The smallest absolute Gasteiger partial charge is 0.432 e. The molecule has 12 atom stereocenters. The first kappa shape index (κ1) is 51.6. The Balaban J connectivity index is 1.35. The van der Waals surface area contributed by atoms with Gasteiger partial charge in [0.05, 0.1) is 13.2 Å². The second-order valence-electron chi connectivity index (χ2n) is 19.9. The normalized spacial score (nSPS) is 32.9. The van der Waals surface area contributed by atoms with Gasteiger partial charge in [-0.1, -0.05) is 125 Å². The van der Waals surface area contributed by atoms with E-state index in [9.17, 15) is 14.4 Å². The van der Waals surface area contributed by atoms with Crippen LogP contribution in [0.1, 0.15) is 84.3 Å². The maximum Gasteiger partial charge on any atom is 0.432 e. The molecule has 1 spiro atoms. The van der Waals surface area contributed by atoms with Crippen LogP contribution in [0.4, 0.5) is 26.3 Å². The fourth-order valence-corrected chi connectivity index (χ4v) is 12.3. The predicted molar refractivity (Wildman–Crippen MR) is 239 cm³/mol. The van der Waals surface area contributed by atoms with Crippen LogP contribution in [0.5, 0.6) is 0 Å². The van der Waals surface area contributed by atoms with Gasteiger partial charge in [-0.3, -0.25) is 4.79 Å². The van der Waals surface area contributed by atoms with Crippen LogP contribution in [0, 0.1) is 46.3 Å². The molecular weight excluding hydrogens is 911 g/mol. The molecule has 2 aromatic rings. The molecule has 7 rings (SSSR count). The summed E-state index contributed by atoms with van der Waals surface area (Å²) >= 11 is 0. The molecular formula is C53H60F6O10. The number of rotatable bonds is 12. The van der Waals surface area contributed by atoms with E-state index >= 15 is 31.1 Å². The first-order valence-corrected chi connectivity index (χ1v) is 23.3. The van der Waals surface area contributed by atoms with Crippen LogP contribution in [0.25, 0.3) is 0 Å². The molecule has 0 N–H and O–H groups in total. The van der Waals surface area contributed by atoms with Gasteiger partial charge in [-0.2, -0.15) is 26.3 Å². The maximum absolute atomic E-state index is 15.6. The lowest BCUT2D eigenvalue weighted by Gasteiger charge is -2.51. The Bertz CT molecular complexity index is 2410. The van der Waals surface area contributed by atoms with E-state index in [0.717, 1.165) is 57.7 Å². The van der Waals surface area contributed by atoms with Gasteiger partial charge in [0.2, 0.25) is 0 Å². The monoisotopic (exact) mass is 970 g/mol. The molecule has 1 fully saturated rings. The third kappa shape index (κ3) is 8.34. The topological polar surface area (TPSA) is 124 Å². The zero-order valence-electron chi connectivity index (χ0n) is 40.0. The predicted octanol–water partition coefficient (Wildman–Crippen LogP) is 10.6. The highest BCUT2D eigenvalue weighted by atomic mass is 19.4. The summed E-state index contributed by atoms with van der Waals surface area (Å²) in [4.78, 5) is 58.1. The molecule has 69 heavy (non-hydrogen) atoms. The summed E-state index contributed by atoms with van der Waals surface area (Å²) in [6.45, 7) is 8.34. The van der Waals surface area contributed by atoms with Crippen LogP contribution >= 0.6 is 0 Å². The number of carbonyl (C=O) groups is 4. The minimum atomic E-state index is -5.32. The molecule has 0 saturated heterocycles. The summed E-state index contributed by atoms with van der Waals surface area (Å²) in [6.07, 6.45) is -0.268. The minimum Gasteiger partial charge on any atom is -0.496 e. The molecule has 16 heteroatoms. The zero-order chi connectivity index (χ0) is 50.5. The highest BCUT2D eigenvalue weighted by molar-refractivity contribution is 6.21. The molecule has 5 aliphatic rings. The Kier molecular flexibility index (Phi) is 14.1. The molecule has 0 aromatic heterocycles. The van der Waals surface area contributed by atoms with Crippen molar-refractivity contribution in [3.8, 4) is 0 Å². The molecule has 0 unspecified atom stereocenters. The van der Waals surface area contributed by atoms with Crippen LogP contribution < -0.4 is 0 Å². The standard InChI is InChI=1S/C53H60F6O10/c1-31-21-23-40-34(26-31)22-24-39-32(2)16-15-25-47(4)28-36(30-67-45(62)50(65-7,52(54,55)56)37-17-11-9-12-18-37)35(29-49(47)43(64-6)41(44(61)69-49)42(60)48(39,40)5)27-33(3)68-46(63)51(66-8,53(57,58)59)38-19-13-10-14-20-38/h9-20,22,24,28,31-35,39-40H,21,23,25-27,29-30H2,1-8H3/b16-15+/t31-,32+,33+,34+,35+,39-,40+,47+,48+,49+,50-,51-/m0/s1. The van der Waals surface area contributed by atoms with E-state index in [1.807, 2.05) is 26.0 Å². The summed E-state index contributed by atoms with van der Waals surface area (Å²) < 4.78 is 124. The fraction of sp³-hybridized carbons (Fsp3) is 0.547. The van der Waals surface area contributed by atoms with Crippen molar-refractivity contribution in [1.82, 2.24) is 0 Å². The summed E-state index contributed by atoms with van der Waals surface area (Å²) in [7, 11) is 2.76. The molecule has 1 aliphatic heterocycles. The van der Waals surface area contributed by atoms with E-state index in [-0.39, 0.29) is 59.8 Å². The molecule has 10 nitrogen and oxygen atoms in total. The molecule has 1 saturated carbocycles. The van der Waals surface area contributed by atoms with Gasteiger partial charge in [-0.15, -0.1) is 0 Å². The maximum atomic E-state index is 15.6. The molecule has 1 heterocycles. The number of halogens is 6. The third-order valence-electron chi connectivity index (χ3n) is 15.8. The summed E-state index contributed by atoms with van der Waals surface area (Å²) in [5.41, 5.74) is -12.6. The van der Waals surface area contributed by atoms with Crippen LogP contribution in [0.2, 0.25) is 0 Å². The number of ketones is 1. The van der Waals surface area contributed by atoms with Gasteiger partial charge >= 0.3 is 30.3 Å². The van der Waals surface area contributed by atoms with Crippen LogP contribution in [-0.4, -0.2) is 75.7 Å². The second-order valence-corrected chi connectivity index (χ2v) is 19.9. The quantitative estimate of drug-likeness (QED) is 0.0668. The Morgan fingerprint density at radius 2 is 1.39 bits per heavy atom. The van der Waals surface area contributed by atoms with Gasteiger partial charge in [0.1, 0.15) is 12.2 Å². The van der Waals surface area contributed by atoms with Crippen LogP contribution in [0.15, 0.2) is 108 Å². The lowest BCUT2D eigenvalue weighted by Crippen LogP contribution is -2.54. The van der Waals surface area contributed by atoms with E-state index in [4.69, 9.17) is 28.4 Å². The van der Waals surface area contributed by atoms with E-state index in [1.165, 1.54) is 50.4 Å². The van der Waals surface area contributed by atoms with E-state index in [2.05, 4.69) is 19.1 Å². The van der Waals surface area contributed by atoms with Gasteiger partial charge in [0.15, 0.2) is 17.1 Å². The Morgan fingerprint density at radius 1 is 0.812 bits per heavy atom. The molecule has 4 aliphatic carbocycles. The number of carbonyl (C=O) groups excluding carboxylic acids is 4. The van der Waals surface area contributed by atoms with Crippen LogP contribution in [-0.2, 0) is 58.8 Å². The van der Waals surface area contributed by atoms with Crippen molar-refractivity contribution < 1.29 is 73.9 Å². The Labute approximate surface area is 398 Å². The number of alkyl halides is 6. The number of methoxy groups -OCH3 is 3. The number of esters is 3. The molecule has 2 aromatic carbocycles. The number of hydrogen-bond acceptors (Lipinski definition) is 10. The van der Waals surface area contributed by atoms with E-state index in [0.29, 0.717) is 5.92 Å². The summed E-state index contributed by atoms with van der Waals surface area (Å²) in [6, 6.07) is 12.4. The van der Waals surface area contributed by atoms with Crippen molar-refractivity contribution in [2.45, 2.75) is 108 Å². The van der Waals surface area contributed by atoms with E-state index in [1.54, 1.807) is 13.0 Å². The van der Waals surface area contributed by atoms with Gasteiger partial charge in [0, 0.05) is 42.6 Å². The van der Waals surface area contributed by atoms with Crippen molar-refractivity contribution in [2.24, 2.45) is 46.3 Å². The fourth-order valence-electron chi connectivity index (χ4n) is 12.3. The minimum absolute atomic E-state index is 0.0701. The lowest BCUT2D eigenvalue weighted by atomic mass is 9.51. The lowest BCUT2D eigenvalue weighted by molar-refractivity contribution is -0.278. The Morgan fingerprint density at radius 3 is 1.94 bits per heavy atom. The highest BCUT2D eigenvalue weighted by Crippen LogP contribution is 2.61. The zero-order valence-corrected chi connectivity index (χ0v) is 40.0. The number of benzene rings is 2. The largest absolute Gasteiger partial charge is 0.496 e. The van der Waals surface area contributed by atoms with Crippen LogP contribution in [0.3, 0.4) is 0 Å². The average molecular weight is 971 g/mol. The van der Waals surface area contributed by atoms with Gasteiger partial charge < -0.3 is 28.4 Å². The van der Waals surface area contributed by atoms with Crippen molar-refractivity contribution >= 4 is 23.7 Å². The first-order chi connectivity index (χ1) is 32.4. The second kappa shape index (κ2) is 18.8. The highest BCUT2D eigenvalue weighted by Gasteiger charge is 2.68. The van der Waals surface area contributed by atoms with Crippen molar-refractivity contribution in [3.05, 3.63) is 119 Å².